The predicted molar refractivity (Wildman–Crippen MR) is 60.2 cm³/mol. The van der Waals surface area contributed by atoms with Gasteiger partial charge in [-0.2, -0.15) is 0 Å². The average Bonchev–Trinajstić information content (AvgIpc) is 2.40. The van der Waals surface area contributed by atoms with Crippen LogP contribution in [0.1, 0.15) is 40.0 Å². The van der Waals surface area contributed by atoms with Gasteiger partial charge in [0.05, 0.1) is 0 Å². The fourth-order valence-corrected chi connectivity index (χ4v) is 3.31. The topological polar surface area (TPSA) is 29.3 Å². The van der Waals surface area contributed by atoms with E-state index in [2.05, 4.69) is 25.7 Å². The molecule has 1 saturated carbocycles. The van der Waals surface area contributed by atoms with Crippen LogP contribution in [0.15, 0.2) is 0 Å². The Hall–Kier alpha value is -0.0800. The molecule has 0 spiro atoms. The molecule has 14 heavy (non-hydrogen) atoms. The number of hydrogen-bond donors (Lipinski definition) is 1. The minimum Gasteiger partial charge on any atom is -0.329 e. The maximum atomic E-state index is 5.96. The van der Waals surface area contributed by atoms with Crippen molar-refractivity contribution in [2.24, 2.45) is 17.1 Å². The second-order valence-electron chi connectivity index (χ2n) is 6.28. The van der Waals surface area contributed by atoms with Gasteiger partial charge in [-0.3, -0.25) is 4.90 Å². The van der Waals surface area contributed by atoms with E-state index in [1.54, 1.807) is 0 Å². The molecule has 0 amide bonds. The van der Waals surface area contributed by atoms with Crippen molar-refractivity contribution in [3.63, 3.8) is 0 Å². The summed E-state index contributed by atoms with van der Waals surface area (Å²) in [6.45, 7) is 10.5. The molecule has 0 aromatic carbocycles. The summed E-state index contributed by atoms with van der Waals surface area (Å²) in [6.07, 6.45) is 3.97. The van der Waals surface area contributed by atoms with E-state index in [0.717, 1.165) is 12.5 Å². The fraction of sp³-hybridized carbons (Fsp3) is 1.00. The highest BCUT2D eigenvalue weighted by molar-refractivity contribution is 5.05. The molecule has 2 heteroatoms. The van der Waals surface area contributed by atoms with Crippen molar-refractivity contribution in [2.45, 2.75) is 45.6 Å². The lowest BCUT2D eigenvalue weighted by atomic mass is 9.68. The monoisotopic (exact) mass is 196 g/mol. The smallest absolute Gasteiger partial charge is 0.0337 e. The van der Waals surface area contributed by atoms with Crippen LogP contribution in [0.5, 0.6) is 0 Å². The van der Waals surface area contributed by atoms with Crippen LogP contribution < -0.4 is 5.73 Å². The molecule has 2 rings (SSSR count). The molecule has 1 saturated heterocycles. The van der Waals surface area contributed by atoms with Gasteiger partial charge >= 0.3 is 0 Å². The van der Waals surface area contributed by atoms with Crippen LogP contribution in [0.3, 0.4) is 0 Å². The summed E-state index contributed by atoms with van der Waals surface area (Å²) >= 11 is 0. The van der Waals surface area contributed by atoms with Gasteiger partial charge in [0.25, 0.3) is 0 Å². The molecular formula is C12H24N2. The van der Waals surface area contributed by atoms with E-state index in [1.165, 1.54) is 32.4 Å². The van der Waals surface area contributed by atoms with Gasteiger partial charge in [0.1, 0.15) is 0 Å². The molecule has 2 nitrogen and oxygen atoms in total. The summed E-state index contributed by atoms with van der Waals surface area (Å²) in [4.78, 5) is 2.66. The summed E-state index contributed by atoms with van der Waals surface area (Å²) in [7, 11) is 0. The number of likely N-dealkylation sites (tertiary alicyclic amines) is 1. The van der Waals surface area contributed by atoms with Gasteiger partial charge in [-0.15, -0.1) is 0 Å². The molecule has 0 aromatic rings. The summed E-state index contributed by atoms with van der Waals surface area (Å²) in [5.41, 5.74) is 6.85. The Morgan fingerprint density at radius 2 is 2.00 bits per heavy atom. The number of nitrogens with two attached hydrogens (primary N) is 1. The first-order valence-corrected chi connectivity index (χ1v) is 5.93. The van der Waals surface area contributed by atoms with E-state index in [-0.39, 0.29) is 0 Å². The Balaban J connectivity index is 2.01. The molecule has 0 unspecified atom stereocenters. The molecule has 0 atom stereocenters. The lowest BCUT2D eigenvalue weighted by Crippen LogP contribution is -2.60. The normalized spacial score (nSPS) is 42.4. The quantitative estimate of drug-likeness (QED) is 0.730. The van der Waals surface area contributed by atoms with Crippen molar-refractivity contribution in [1.29, 1.82) is 0 Å². The first-order chi connectivity index (χ1) is 6.47. The minimum atomic E-state index is 0.382. The highest BCUT2D eigenvalue weighted by Crippen LogP contribution is 2.45. The predicted octanol–water partition coefficient (Wildman–Crippen LogP) is 1.85. The summed E-state index contributed by atoms with van der Waals surface area (Å²) in [5, 5.41) is 0. The van der Waals surface area contributed by atoms with Crippen LogP contribution in [0.4, 0.5) is 0 Å². The summed E-state index contributed by atoms with van der Waals surface area (Å²) in [5.74, 6) is 0.891. The summed E-state index contributed by atoms with van der Waals surface area (Å²) < 4.78 is 0. The average molecular weight is 196 g/mol. The van der Waals surface area contributed by atoms with Crippen LogP contribution in [0.25, 0.3) is 0 Å². The zero-order valence-corrected chi connectivity index (χ0v) is 9.84. The molecule has 0 radical (unpaired) electrons. The Bertz CT molecular complexity index is 216. The molecular weight excluding hydrogens is 172 g/mol. The third-order valence-corrected chi connectivity index (χ3v) is 4.19. The first-order valence-electron chi connectivity index (χ1n) is 5.93. The van der Waals surface area contributed by atoms with Gasteiger partial charge in [0, 0.05) is 18.6 Å². The largest absolute Gasteiger partial charge is 0.329 e. The number of hydrogen-bond acceptors (Lipinski definition) is 2. The van der Waals surface area contributed by atoms with Gasteiger partial charge in [-0.1, -0.05) is 20.8 Å². The van der Waals surface area contributed by atoms with Gasteiger partial charge in [0.15, 0.2) is 0 Å². The van der Waals surface area contributed by atoms with Crippen molar-refractivity contribution in [3.05, 3.63) is 0 Å². The van der Waals surface area contributed by atoms with Crippen molar-refractivity contribution in [1.82, 2.24) is 4.90 Å². The second-order valence-corrected chi connectivity index (χ2v) is 6.28. The SMILES string of the molecule is CC1CC(CN)(N2CCC(C)(C)C2)C1. The molecule has 0 aromatic heterocycles. The lowest BCUT2D eigenvalue weighted by molar-refractivity contribution is -0.00198. The number of rotatable bonds is 2. The second kappa shape index (κ2) is 3.21. The van der Waals surface area contributed by atoms with E-state index in [1.807, 2.05) is 0 Å². The molecule has 2 aliphatic rings. The van der Waals surface area contributed by atoms with E-state index >= 15 is 0 Å². The Morgan fingerprint density at radius 3 is 2.36 bits per heavy atom. The standard InChI is InChI=1S/C12H24N2/c1-10-6-12(7-10,8-13)14-5-4-11(2,3)9-14/h10H,4-9,13H2,1-3H3. The Labute approximate surface area is 87.8 Å². The fourth-order valence-electron chi connectivity index (χ4n) is 3.31. The van der Waals surface area contributed by atoms with Gasteiger partial charge < -0.3 is 5.73 Å². The number of nitrogens with zero attached hydrogens (tertiary/aromatic N) is 1. The highest BCUT2D eigenvalue weighted by atomic mass is 15.2. The van der Waals surface area contributed by atoms with Crippen LogP contribution in [0.2, 0.25) is 0 Å². The van der Waals surface area contributed by atoms with Crippen molar-refractivity contribution in [2.75, 3.05) is 19.6 Å². The third kappa shape index (κ3) is 1.59. The van der Waals surface area contributed by atoms with Crippen LogP contribution >= 0.6 is 0 Å². The highest BCUT2D eigenvalue weighted by Gasteiger charge is 2.48. The van der Waals surface area contributed by atoms with Crippen LogP contribution in [-0.2, 0) is 0 Å². The molecule has 82 valence electrons. The molecule has 2 N–H and O–H groups in total. The molecule has 1 heterocycles. The van der Waals surface area contributed by atoms with Gasteiger partial charge in [0.2, 0.25) is 0 Å². The van der Waals surface area contributed by atoms with Crippen LogP contribution in [-0.4, -0.2) is 30.1 Å². The maximum absolute atomic E-state index is 5.96. The van der Waals surface area contributed by atoms with E-state index in [4.69, 9.17) is 5.73 Å². The molecule has 1 aliphatic carbocycles. The van der Waals surface area contributed by atoms with Crippen LogP contribution in [0, 0.1) is 11.3 Å². The zero-order valence-electron chi connectivity index (χ0n) is 9.84. The molecule has 0 bridgehead atoms. The Kier molecular flexibility index (Phi) is 2.39. The minimum absolute atomic E-state index is 0.382. The molecule has 2 fully saturated rings. The van der Waals surface area contributed by atoms with E-state index < -0.39 is 0 Å². The van der Waals surface area contributed by atoms with Crippen molar-refractivity contribution >= 4 is 0 Å². The summed E-state index contributed by atoms with van der Waals surface area (Å²) in [6, 6.07) is 0. The lowest BCUT2D eigenvalue weighted by Gasteiger charge is -2.52. The maximum Gasteiger partial charge on any atom is 0.0337 e. The van der Waals surface area contributed by atoms with Crippen molar-refractivity contribution in [3.8, 4) is 0 Å². The zero-order chi connectivity index (χ0) is 10.4. The van der Waals surface area contributed by atoms with Gasteiger partial charge in [-0.05, 0) is 37.1 Å². The van der Waals surface area contributed by atoms with Gasteiger partial charge in [-0.25, -0.2) is 0 Å². The van der Waals surface area contributed by atoms with E-state index in [9.17, 15) is 0 Å². The molecule has 1 aliphatic heterocycles. The first kappa shape index (κ1) is 10.4. The Morgan fingerprint density at radius 1 is 1.36 bits per heavy atom. The van der Waals surface area contributed by atoms with E-state index in [0.29, 0.717) is 11.0 Å². The third-order valence-electron chi connectivity index (χ3n) is 4.19. The van der Waals surface area contributed by atoms with Crippen molar-refractivity contribution < 1.29 is 0 Å².